The zero-order valence-electron chi connectivity index (χ0n) is 15.5. The Morgan fingerprint density at radius 2 is 1.96 bits per heavy atom. The van der Waals surface area contributed by atoms with Gasteiger partial charge in [-0.25, -0.2) is 4.79 Å². The number of benzene rings is 1. The summed E-state index contributed by atoms with van der Waals surface area (Å²) in [7, 11) is 1.40. The third kappa shape index (κ3) is 3.71. The molecule has 25 heavy (non-hydrogen) atoms. The molecule has 1 aromatic carbocycles. The Hall–Kier alpha value is -2.27. The third-order valence-corrected chi connectivity index (χ3v) is 5.19. The number of furan rings is 1. The summed E-state index contributed by atoms with van der Waals surface area (Å²) in [5.41, 5.74) is 4.59. The minimum Gasteiger partial charge on any atom is -0.465 e. The number of piperazine rings is 1. The maximum Gasteiger partial charge on any atom is 0.341 e. The van der Waals surface area contributed by atoms with Crippen LogP contribution in [0.5, 0.6) is 0 Å². The molecule has 0 spiro atoms. The first-order valence-electron chi connectivity index (χ1n) is 8.82. The lowest BCUT2D eigenvalue weighted by atomic mass is 10.1. The van der Waals surface area contributed by atoms with Crippen LogP contribution in [0.25, 0.3) is 0 Å². The second kappa shape index (κ2) is 7.31. The monoisotopic (exact) mass is 343 g/mol. The molecule has 0 aliphatic carbocycles. The zero-order valence-corrected chi connectivity index (χ0v) is 15.5. The fourth-order valence-corrected chi connectivity index (χ4v) is 3.51. The highest BCUT2D eigenvalue weighted by molar-refractivity contribution is 5.90. The number of rotatable bonds is 4. The summed E-state index contributed by atoms with van der Waals surface area (Å²) in [6, 6.07) is 8.34. The Kier molecular flexibility index (Phi) is 5.13. The number of nitrogens with one attached hydrogen (secondary N) is 1. The molecular formula is C20H27N2O3+. The van der Waals surface area contributed by atoms with Crippen molar-refractivity contribution in [3.05, 3.63) is 52.5 Å². The van der Waals surface area contributed by atoms with Crippen molar-refractivity contribution in [1.29, 1.82) is 0 Å². The quantitative estimate of drug-likeness (QED) is 0.862. The molecule has 134 valence electrons. The topological polar surface area (TPSA) is 47.1 Å². The number of nitrogens with zero attached hydrogens (tertiary/aromatic N) is 1. The van der Waals surface area contributed by atoms with Crippen molar-refractivity contribution in [2.75, 3.05) is 38.2 Å². The molecule has 1 aliphatic rings. The van der Waals surface area contributed by atoms with Crippen LogP contribution < -0.4 is 9.80 Å². The van der Waals surface area contributed by atoms with Crippen LogP contribution in [-0.4, -0.2) is 39.3 Å². The van der Waals surface area contributed by atoms with Gasteiger partial charge in [0.05, 0.1) is 33.3 Å². The Balaban J connectivity index is 1.61. The van der Waals surface area contributed by atoms with Crippen molar-refractivity contribution in [2.45, 2.75) is 27.3 Å². The summed E-state index contributed by atoms with van der Waals surface area (Å²) < 4.78 is 10.5. The molecule has 1 aliphatic heterocycles. The van der Waals surface area contributed by atoms with Crippen molar-refractivity contribution >= 4 is 11.7 Å². The Bertz CT molecular complexity index is 758. The van der Waals surface area contributed by atoms with Gasteiger partial charge < -0.3 is 19.0 Å². The predicted octanol–water partition coefficient (Wildman–Crippen LogP) is 1.90. The van der Waals surface area contributed by atoms with E-state index in [9.17, 15) is 4.79 Å². The van der Waals surface area contributed by atoms with Gasteiger partial charge in [-0.3, -0.25) is 0 Å². The molecule has 0 amide bonds. The first-order chi connectivity index (χ1) is 12.0. The summed E-state index contributed by atoms with van der Waals surface area (Å²) in [5.74, 6) is 1.16. The van der Waals surface area contributed by atoms with Crippen molar-refractivity contribution in [3.8, 4) is 0 Å². The fraction of sp³-hybridized carbons (Fsp3) is 0.450. The van der Waals surface area contributed by atoms with Crippen LogP contribution in [0.4, 0.5) is 5.69 Å². The number of hydrogen-bond donors (Lipinski definition) is 1. The molecule has 0 atom stereocenters. The lowest BCUT2D eigenvalue weighted by Gasteiger charge is -2.34. The molecule has 1 saturated heterocycles. The number of aryl methyl sites for hydroxylation is 2. The first-order valence-corrected chi connectivity index (χ1v) is 8.82. The lowest BCUT2D eigenvalue weighted by Crippen LogP contribution is -3.13. The van der Waals surface area contributed by atoms with E-state index in [2.05, 4.69) is 36.9 Å². The molecule has 5 heteroatoms. The van der Waals surface area contributed by atoms with Crippen LogP contribution in [0, 0.1) is 20.8 Å². The molecule has 0 unspecified atom stereocenters. The summed E-state index contributed by atoms with van der Waals surface area (Å²) in [4.78, 5) is 15.7. The van der Waals surface area contributed by atoms with Crippen molar-refractivity contribution < 1.29 is 18.8 Å². The fourth-order valence-electron chi connectivity index (χ4n) is 3.51. The van der Waals surface area contributed by atoms with Crippen LogP contribution >= 0.6 is 0 Å². The normalized spacial score (nSPS) is 15.4. The number of esters is 1. The van der Waals surface area contributed by atoms with E-state index in [1.807, 2.05) is 13.0 Å². The molecule has 0 radical (unpaired) electrons. The molecule has 1 aromatic heterocycles. The van der Waals surface area contributed by atoms with Crippen LogP contribution in [0.15, 0.2) is 28.7 Å². The number of anilines is 1. The first kappa shape index (κ1) is 17.5. The Labute approximate surface area is 149 Å². The molecular weight excluding hydrogens is 316 g/mol. The maximum absolute atomic E-state index is 11.7. The number of hydrogen-bond acceptors (Lipinski definition) is 4. The van der Waals surface area contributed by atoms with Crippen molar-refractivity contribution in [1.82, 2.24) is 0 Å². The van der Waals surface area contributed by atoms with E-state index < -0.39 is 0 Å². The minimum atomic E-state index is -0.331. The van der Waals surface area contributed by atoms with Crippen LogP contribution in [0.3, 0.4) is 0 Å². The van der Waals surface area contributed by atoms with E-state index in [1.54, 1.807) is 0 Å². The average Bonchev–Trinajstić information content (AvgIpc) is 2.98. The van der Waals surface area contributed by atoms with Gasteiger partial charge >= 0.3 is 5.97 Å². The van der Waals surface area contributed by atoms with E-state index in [4.69, 9.17) is 9.15 Å². The molecule has 1 fully saturated rings. The molecule has 0 saturated carbocycles. The number of carbonyl (C=O) groups is 1. The smallest absolute Gasteiger partial charge is 0.341 e. The van der Waals surface area contributed by atoms with Gasteiger partial charge in [-0.15, -0.1) is 0 Å². The number of quaternary nitrogens is 1. The summed E-state index contributed by atoms with van der Waals surface area (Å²) >= 11 is 0. The maximum atomic E-state index is 11.7. The van der Waals surface area contributed by atoms with E-state index in [0.717, 1.165) is 38.5 Å². The third-order valence-electron chi connectivity index (χ3n) is 5.19. The van der Waals surface area contributed by atoms with Crippen LogP contribution in [0.2, 0.25) is 0 Å². The van der Waals surface area contributed by atoms with Gasteiger partial charge in [-0.2, -0.15) is 0 Å². The number of carbonyl (C=O) groups excluding carboxylic acids is 1. The van der Waals surface area contributed by atoms with Gasteiger partial charge in [-0.1, -0.05) is 12.1 Å². The molecule has 2 aromatic rings. The molecule has 0 bridgehead atoms. The molecule has 1 N–H and O–H groups in total. The average molecular weight is 343 g/mol. The summed E-state index contributed by atoms with van der Waals surface area (Å²) in [5, 5.41) is 0. The van der Waals surface area contributed by atoms with Gasteiger partial charge in [0, 0.05) is 11.8 Å². The Morgan fingerprint density at radius 3 is 2.64 bits per heavy atom. The lowest BCUT2D eigenvalue weighted by molar-refractivity contribution is -0.915. The summed E-state index contributed by atoms with van der Waals surface area (Å²) in [6.07, 6.45) is 0. The van der Waals surface area contributed by atoms with Gasteiger partial charge in [-0.05, 0) is 38.0 Å². The minimum absolute atomic E-state index is 0.331. The van der Waals surface area contributed by atoms with E-state index in [1.165, 1.54) is 28.8 Å². The van der Waals surface area contributed by atoms with Gasteiger partial charge in [0.2, 0.25) is 0 Å². The highest BCUT2D eigenvalue weighted by Gasteiger charge is 2.24. The predicted molar refractivity (Wildman–Crippen MR) is 97.3 cm³/mol. The molecule has 2 heterocycles. The van der Waals surface area contributed by atoms with E-state index >= 15 is 0 Å². The van der Waals surface area contributed by atoms with E-state index in [-0.39, 0.29) is 5.97 Å². The second-order valence-electron chi connectivity index (χ2n) is 6.81. The largest absolute Gasteiger partial charge is 0.465 e. The second-order valence-corrected chi connectivity index (χ2v) is 6.81. The van der Waals surface area contributed by atoms with Crippen LogP contribution in [-0.2, 0) is 11.3 Å². The van der Waals surface area contributed by atoms with Gasteiger partial charge in [0.15, 0.2) is 5.76 Å². The highest BCUT2D eigenvalue weighted by Crippen LogP contribution is 2.22. The standard InChI is InChI=1S/C20H26N2O3/c1-14-6-5-7-19(15(14)2)22-10-8-21(9-11-22)13-17-12-18(16(3)25-17)20(23)24-4/h5-7,12H,8-11,13H2,1-4H3/p+1. The van der Waals surface area contributed by atoms with Gasteiger partial charge in [0.25, 0.3) is 0 Å². The van der Waals surface area contributed by atoms with Crippen LogP contribution in [0.1, 0.15) is 33.0 Å². The zero-order chi connectivity index (χ0) is 18.0. The van der Waals surface area contributed by atoms with Crippen molar-refractivity contribution in [2.24, 2.45) is 0 Å². The molecule has 3 rings (SSSR count). The Morgan fingerprint density at radius 1 is 1.24 bits per heavy atom. The van der Waals surface area contributed by atoms with Gasteiger partial charge in [0.1, 0.15) is 17.9 Å². The number of ether oxygens (including phenoxy) is 1. The van der Waals surface area contributed by atoms with E-state index in [0.29, 0.717) is 11.3 Å². The molecule has 5 nitrogen and oxygen atoms in total. The number of methoxy groups -OCH3 is 1. The summed E-state index contributed by atoms with van der Waals surface area (Å²) in [6.45, 7) is 11.2. The highest BCUT2D eigenvalue weighted by atomic mass is 16.5. The SMILES string of the molecule is COC(=O)c1cc(C[NH+]2CCN(c3cccc(C)c3C)CC2)oc1C. The van der Waals surface area contributed by atoms with Crippen molar-refractivity contribution in [3.63, 3.8) is 0 Å².